The first-order chi connectivity index (χ1) is 16.0. The highest BCUT2D eigenvalue weighted by molar-refractivity contribution is 5.85. The first kappa shape index (κ1) is 22.1. The smallest absolute Gasteiger partial charge is 0.411 e. The molecule has 0 spiro atoms. The summed E-state index contributed by atoms with van der Waals surface area (Å²) in [6, 6.07) is 16.2. The number of carboxylic acids is 1. The monoisotopic (exact) mass is 448 g/mol. The Morgan fingerprint density at radius 3 is 2.33 bits per heavy atom. The van der Waals surface area contributed by atoms with Gasteiger partial charge < -0.3 is 14.7 Å². The average Bonchev–Trinajstić information content (AvgIpc) is 3.37. The Morgan fingerprint density at radius 2 is 1.73 bits per heavy atom. The molecule has 0 fully saturated rings. The van der Waals surface area contributed by atoms with Crippen molar-refractivity contribution in [3.05, 3.63) is 72.1 Å². The molecule has 3 aromatic rings. The fourth-order valence-electron chi connectivity index (χ4n) is 4.05. The summed E-state index contributed by atoms with van der Waals surface area (Å²) in [6.07, 6.45) is 2.28. The van der Waals surface area contributed by atoms with Crippen LogP contribution in [0.3, 0.4) is 0 Å². The van der Waals surface area contributed by atoms with E-state index in [9.17, 15) is 14.4 Å². The van der Waals surface area contributed by atoms with Crippen molar-refractivity contribution in [1.82, 2.24) is 14.7 Å². The van der Waals surface area contributed by atoms with Crippen LogP contribution in [0.2, 0.25) is 0 Å². The van der Waals surface area contributed by atoms with E-state index in [0.717, 1.165) is 22.3 Å². The Kier molecular flexibility index (Phi) is 6.39. The van der Waals surface area contributed by atoms with Crippen LogP contribution in [0, 0.1) is 0 Å². The molecule has 0 saturated carbocycles. The number of nitrogens with one attached hydrogen (secondary N) is 1. The number of hydrogen-bond donors (Lipinski definition) is 2. The van der Waals surface area contributed by atoms with Crippen LogP contribution in [0.4, 0.5) is 10.5 Å². The summed E-state index contributed by atoms with van der Waals surface area (Å²) in [6.45, 7) is 1.66. The van der Waals surface area contributed by atoms with Crippen LogP contribution in [-0.2, 0) is 20.9 Å². The molecule has 1 aromatic heterocycles. The third-order valence-electron chi connectivity index (χ3n) is 5.58. The van der Waals surface area contributed by atoms with Gasteiger partial charge in [0.2, 0.25) is 5.91 Å². The fraction of sp³-hybridized carbons (Fsp3) is 0.250. The standard InChI is InChI=1S/C24H24N4O5/c1-2-27(14-23(30)31)22(29)13-28-12-16(11-25-28)26-24(32)33-15-21-19-9-5-3-7-17(19)18-8-4-6-10-20(18)21/h3-12,21H,2,13-15H2,1H3,(H,26,32)(H,30,31). The number of aromatic nitrogens is 2. The van der Waals surface area contributed by atoms with Crippen molar-refractivity contribution in [1.29, 1.82) is 0 Å². The summed E-state index contributed by atoms with van der Waals surface area (Å²) < 4.78 is 6.85. The molecule has 0 saturated heterocycles. The predicted molar refractivity (Wildman–Crippen MR) is 121 cm³/mol. The molecule has 0 unspecified atom stereocenters. The van der Waals surface area contributed by atoms with Gasteiger partial charge in [-0.25, -0.2) is 4.79 Å². The summed E-state index contributed by atoms with van der Waals surface area (Å²) in [5.41, 5.74) is 4.93. The quantitative estimate of drug-likeness (QED) is 0.547. The minimum absolute atomic E-state index is 0.0437. The van der Waals surface area contributed by atoms with Gasteiger partial charge >= 0.3 is 12.1 Å². The van der Waals surface area contributed by atoms with E-state index >= 15 is 0 Å². The number of anilines is 1. The number of amides is 2. The number of aliphatic carboxylic acids is 1. The zero-order valence-electron chi connectivity index (χ0n) is 18.1. The number of likely N-dealkylation sites (N-methyl/N-ethyl adjacent to an activating group) is 1. The lowest BCUT2D eigenvalue weighted by Gasteiger charge is -2.18. The SMILES string of the molecule is CCN(CC(=O)O)C(=O)Cn1cc(NC(=O)OCC2c3ccccc3-c3ccccc32)cn1. The zero-order valence-corrected chi connectivity index (χ0v) is 18.1. The maximum absolute atomic E-state index is 12.4. The molecule has 0 aliphatic heterocycles. The molecule has 9 heteroatoms. The third-order valence-corrected chi connectivity index (χ3v) is 5.58. The molecule has 170 valence electrons. The topological polar surface area (TPSA) is 114 Å². The largest absolute Gasteiger partial charge is 0.480 e. The lowest BCUT2D eigenvalue weighted by Crippen LogP contribution is -2.37. The molecule has 1 heterocycles. The molecule has 2 aromatic carbocycles. The Hall–Kier alpha value is -4.14. The molecule has 0 atom stereocenters. The first-order valence-electron chi connectivity index (χ1n) is 10.6. The molecular formula is C24H24N4O5. The van der Waals surface area contributed by atoms with E-state index < -0.39 is 12.1 Å². The number of benzene rings is 2. The van der Waals surface area contributed by atoms with E-state index in [1.54, 1.807) is 6.92 Å². The minimum atomic E-state index is -1.08. The van der Waals surface area contributed by atoms with Crippen LogP contribution in [0.15, 0.2) is 60.9 Å². The molecule has 0 bridgehead atoms. The van der Waals surface area contributed by atoms with Crippen LogP contribution in [-0.4, -0.2) is 57.5 Å². The van der Waals surface area contributed by atoms with Crippen molar-refractivity contribution in [2.75, 3.05) is 25.0 Å². The van der Waals surface area contributed by atoms with Gasteiger partial charge in [-0.15, -0.1) is 0 Å². The predicted octanol–water partition coefficient (Wildman–Crippen LogP) is 3.18. The average molecular weight is 448 g/mol. The van der Waals surface area contributed by atoms with Crippen molar-refractivity contribution in [3.8, 4) is 11.1 Å². The number of rotatable bonds is 8. The van der Waals surface area contributed by atoms with E-state index in [1.807, 2.05) is 36.4 Å². The van der Waals surface area contributed by atoms with Gasteiger partial charge in [0.25, 0.3) is 0 Å². The number of carbonyl (C=O) groups is 3. The number of carbonyl (C=O) groups excluding carboxylic acids is 2. The molecule has 1 aliphatic carbocycles. The molecule has 1 aliphatic rings. The van der Waals surface area contributed by atoms with Crippen molar-refractivity contribution in [3.63, 3.8) is 0 Å². The van der Waals surface area contributed by atoms with E-state index in [-0.39, 0.29) is 38.1 Å². The highest BCUT2D eigenvalue weighted by atomic mass is 16.5. The second-order valence-corrected chi connectivity index (χ2v) is 7.68. The highest BCUT2D eigenvalue weighted by Gasteiger charge is 2.29. The zero-order chi connectivity index (χ0) is 23.4. The van der Waals surface area contributed by atoms with Crippen LogP contribution >= 0.6 is 0 Å². The van der Waals surface area contributed by atoms with Crippen LogP contribution in [0.1, 0.15) is 24.0 Å². The number of carboxylic acid groups (broad SMARTS) is 1. The van der Waals surface area contributed by atoms with Gasteiger partial charge in [-0.2, -0.15) is 5.10 Å². The molecule has 0 radical (unpaired) electrons. The van der Waals surface area contributed by atoms with Gasteiger partial charge in [-0.1, -0.05) is 48.5 Å². The van der Waals surface area contributed by atoms with E-state index in [1.165, 1.54) is 22.0 Å². The number of hydrogen-bond acceptors (Lipinski definition) is 5. The molecule has 2 N–H and O–H groups in total. The maximum atomic E-state index is 12.4. The number of ether oxygens (including phenoxy) is 1. The fourth-order valence-corrected chi connectivity index (χ4v) is 4.05. The Balaban J connectivity index is 1.35. The second-order valence-electron chi connectivity index (χ2n) is 7.68. The summed E-state index contributed by atoms with van der Waals surface area (Å²) >= 11 is 0. The van der Waals surface area contributed by atoms with Crippen molar-refractivity contribution < 1.29 is 24.2 Å². The van der Waals surface area contributed by atoms with Gasteiger partial charge in [0.15, 0.2) is 0 Å². The van der Waals surface area contributed by atoms with Gasteiger partial charge in [-0.05, 0) is 29.2 Å². The van der Waals surface area contributed by atoms with Crippen molar-refractivity contribution in [2.24, 2.45) is 0 Å². The normalized spacial score (nSPS) is 12.0. The van der Waals surface area contributed by atoms with Crippen LogP contribution in [0.25, 0.3) is 11.1 Å². The first-order valence-corrected chi connectivity index (χ1v) is 10.6. The summed E-state index contributed by atoms with van der Waals surface area (Å²) in [4.78, 5) is 36.7. The number of nitrogens with zero attached hydrogens (tertiary/aromatic N) is 3. The van der Waals surface area contributed by atoms with Crippen molar-refractivity contribution in [2.45, 2.75) is 19.4 Å². The van der Waals surface area contributed by atoms with Crippen LogP contribution in [0.5, 0.6) is 0 Å². The van der Waals surface area contributed by atoms with Crippen LogP contribution < -0.4 is 5.32 Å². The Bertz CT molecular complexity index is 1140. The summed E-state index contributed by atoms with van der Waals surface area (Å²) in [5.74, 6) is -1.50. The summed E-state index contributed by atoms with van der Waals surface area (Å²) in [5, 5.41) is 15.6. The molecule has 33 heavy (non-hydrogen) atoms. The summed E-state index contributed by atoms with van der Waals surface area (Å²) in [7, 11) is 0. The van der Waals surface area contributed by atoms with Gasteiger partial charge in [-0.3, -0.25) is 19.6 Å². The Labute approximate surface area is 190 Å². The molecule has 2 amide bonds. The lowest BCUT2D eigenvalue weighted by molar-refractivity contribution is -0.144. The van der Waals surface area contributed by atoms with Gasteiger partial charge in [0.05, 0.1) is 11.9 Å². The van der Waals surface area contributed by atoms with E-state index in [4.69, 9.17) is 9.84 Å². The molecular weight excluding hydrogens is 424 g/mol. The third kappa shape index (κ3) is 4.87. The van der Waals surface area contributed by atoms with E-state index in [2.05, 4.69) is 22.5 Å². The minimum Gasteiger partial charge on any atom is -0.480 e. The molecule has 4 rings (SSSR count). The van der Waals surface area contributed by atoms with E-state index in [0.29, 0.717) is 5.69 Å². The molecule has 9 nitrogen and oxygen atoms in total. The lowest BCUT2D eigenvalue weighted by atomic mass is 9.98. The van der Waals surface area contributed by atoms with Crippen molar-refractivity contribution >= 4 is 23.7 Å². The number of fused-ring (bicyclic) bond motifs is 3. The van der Waals surface area contributed by atoms with Gasteiger partial charge in [0, 0.05) is 18.7 Å². The van der Waals surface area contributed by atoms with Gasteiger partial charge in [0.1, 0.15) is 19.7 Å². The Morgan fingerprint density at radius 1 is 1.09 bits per heavy atom. The second kappa shape index (κ2) is 9.56. The maximum Gasteiger partial charge on any atom is 0.411 e. The highest BCUT2D eigenvalue weighted by Crippen LogP contribution is 2.44.